The summed E-state index contributed by atoms with van der Waals surface area (Å²) in [6, 6.07) is 1.25. The Bertz CT molecular complexity index is 531. The van der Waals surface area contributed by atoms with E-state index in [1.807, 2.05) is 0 Å². The van der Waals surface area contributed by atoms with Gasteiger partial charge in [-0.2, -0.15) is 4.68 Å². The van der Waals surface area contributed by atoms with Gasteiger partial charge in [0.2, 0.25) is 5.91 Å². The van der Waals surface area contributed by atoms with E-state index in [-0.39, 0.29) is 18.3 Å². The van der Waals surface area contributed by atoms with Gasteiger partial charge in [0.1, 0.15) is 12.1 Å². The summed E-state index contributed by atoms with van der Waals surface area (Å²) in [5, 5.41) is 24.3. The predicted octanol–water partition coefficient (Wildman–Crippen LogP) is -0.225. The number of amides is 1. The van der Waals surface area contributed by atoms with Crippen molar-refractivity contribution in [2.45, 2.75) is 25.0 Å². The largest absolute Gasteiger partial charge is 0.389 e. The second-order valence-corrected chi connectivity index (χ2v) is 5.26. The Morgan fingerprint density at radius 3 is 2.79 bits per heavy atom. The Labute approximate surface area is 108 Å². The molecule has 0 bridgehead atoms. The third-order valence-electron chi connectivity index (χ3n) is 3.73. The monoisotopic (exact) mass is 266 g/mol. The Morgan fingerprint density at radius 1 is 1.58 bits per heavy atom. The maximum atomic E-state index is 11.9. The fourth-order valence-electron chi connectivity index (χ4n) is 2.44. The zero-order chi connectivity index (χ0) is 13.6. The second kappa shape index (κ2) is 4.02. The van der Waals surface area contributed by atoms with Gasteiger partial charge in [0, 0.05) is 0 Å². The third-order valence-corrected chi connectivity index (χ3v) is 3.73. The van der Waals surface area contributed by atoms with Crippen molar-refractivity contribution in [3.05, 3.63) is 22.4 Å². The Kier molecular flexibility index (Phi) is 2.56. The number of nitro groups is 1. The van der Waals surface area contributed by atoms with E-state index >= 15 is 0 Å². The number of β-amino-alcohol motifs (C(OH)–C–C–N with tert-alkyl or cyclic N) is 1. The fourth-order valence-corrected chi connectivity index (χ4v) is 2.44. The van der Waals surface area contributed by atoms with Crippen LogP contribution in [-0.4, -0.2) is 49.3 Å². The van der Waals surface area contributed by atoms with Crippen LogP contribution >= 0.6 is 0 Å². The molecule has 0 atom stereocenters. The smallest absolute Gasteiger partial charge is 0.386 e. The molecule has 0 spiro atoms. The number of rotatable bonds is 4. The fraction of sp³-hybridized carbons (Fsp3) is 0.636. The van der Waals surface area contributed by atoms with Crippen LogP contribution in [0.4, 0.5) is 5.82 Å². The Balaban J connectivity index is 1.55. The molecule has 102 valence electrons. The summed E-state index contributed by atoms with van der Waals surface area (Å²) >= 11 is 0. The quantitative estimate of drug-likeness (QED) is 0.599. The third kappa shape index (κ3) is 2.19. The van der Waals surface area contributed by atoms with Crippen molar-refractivity contribution < 1.29 is 14.8 Å². The van der Waals surface area contributed by atoms with Gasteiger partial charge in [0.05, 0.1) is 30.5 Å². The van der Waals surface area contributed by atoms with Crippen LogP contribution in [0.15, 0.2) is 12.3 Å². The number of aliphatic hydroxyl groups is 1. The van der Waals surface area contributed by atoms with Gasteiger partial charge in [0.25, 0.3) is 0 Å². The standard InChI is InChI=1S/C11H14N4O4/c16-10(5-14-4-3-9(12-14)15(18)19)13-6-11(17,7-13)8-1-2-8/h3-4,8,17H,1-2,5-7H2. The lowest BCUT2D eigenvalue weighted by atomic mass is 9.89. The van der Waals surface area contributed by atoms with Crippen LogP contribution in [0.25, 0.3) is 0 Å². The normalized spacial score (nSPS) is 21.0. The predicted molar refractivity (Wildman–Crippen MR) is 63.1 cm³/mol. The second-order valence-electron chi connectivity index (χ2n) is 5.26. The maximum absolute atomic E-state index is 11.9. The molecule has 2 heterocycles. The van der Waals surface area contributed by atoms with Crippen LogP contribution < -0.4 is 0 Å². The van der Waals surface area contributed by atoms with E-state index in [0.29, 0.717) is 19.0 Å². The molecule has 0 radical (unpaired) electrons. The zero-order valence-electron chi connectivity index (χ0n) is 10.2. The topological polar surface area (TPSA) is 102 Å². The molecule has 2 aliphatic rings. The number of hydrogen-bond acceptors (Lipinski definition) is 5. The van der Waals surface area contributed by atoms with Crippen molar-refractivity contribution >= 4 is 11.7 Å². The lowest BCUT2D eigenvalue weighted by molar-refractivity contribution is -0.389. The van der Waals surface area contributed by atoms with Gasteiger partial charge in [-0.15, -0.1) is 0 Å². The summed E-state index contributed by atoms with van der Waals surface area (Å²) < 4.78 is 1.25. The lowest BCUT2D eigenvalue weighted by Crippen LogP contribution is -2.65. The van der Waals surface area contributed by atoms with Crippen molar-refractivity contribution in [3.8, 4) is 0 Å². The molecule has 19 heavy (non-hydrogen) atoms. The highest BCUT2D eigenvalue weighted by atomic mass is 16.6. The molecule has 1 aromatic rings. The molecule has 1 aromatic heterocycles. The number of aromatic nitrogens is 2. The molecule has 1 saturated heterocycles. The number of nitrogens with zero attached hydrogens (tertiary/aromatic N) is 4. The number of likely N-dealkylation sites (tertiary alicyclic amines) is 1. The molecule has 0 unspecified atom stereocenters. The molecular formula is C11H14N4O4. The van der Waals surface area contributed by atoms with Crippen LogP contribution in [0.3, 0.4) is 0 Å². The van der Waals surface area contributed by atoms with E-state index in [1.54, 1.807) is 4.90 Å². The average molecular weight is 266 g/mol. The molecule has 1 aliphatic carbocycles. The van der Waals surface area contributed by atoms with Crippen molar-refractivity contribution in [1.29, 1.82) is 0 Å². The first-order chi connectivity index (χ1) is 8.98. The van der Waals surface area contributed by atoms with Crippen molar-refractivity contribution in [1.82, 2.24) is 14.7 Å². The van der Waals surface area contributed by atoms with Crippen LogP contribution in [0.2, 0.25) is 0 Å². The Morgan fingerprint density at radius 2 is 2.26 bits per heavy atom. The molecule has 1 amide bonds. The molecule has 8 heteroatoms. The Hall–Kier alpha value is -1.96. The van der Waals surface area contributed by atoms with Gasteiger partial charge in [-0.3, -0.25) is 4.79 Å². The summed E-state index contributed by atoms with van der Waals surface area (Å²) in [7, 11) is 0. The zero-order valence-corrected chi connectivity index (χ0v) is 10.2. The highest BCUT2D eigenvalue weighted by Gasteiger charge is 2.53. The lowest BCUT2D eigenvalue weighted by Gasteiger charge is -2.46. The van der Waals surface area contributed by atoms with E-state index in [4.69, 9.17) is 0 Å². The minimum atomic E-state index is -0.703. The average Bonchev–Trinajstić information content (AvgIpc) is 3.06. The van der Waals surface area contributed by atoms with E-state index in [2.05, 4.69) is 5.10 Å². The summed E-state index contributed by atoms with van der Waals surface area (Å²) in [4.78, 5) is 23.3. The first kappa shape index (κ1) is 12.1. The van der Waals surface area contributed by atoms with Crippen molar-refractivity contribution in [2.24, 2.45) is 5.92 Å². The van der Waals surface area contributed by atoms with E-state index in [9.17, 15) is 20.0 Å². The van der Waals surface area contributed by atoms with Crippen LogP contribution in [0.5, 0.6) is 0 Å². The highest BCUT2D eigenvalue weighted by molar-refractivity contribution is 5.77. The van der Waals surface area contributed by atoms with Gasteiger partial charge < -0.3 is 20.1 Å². The summed E-state index contributed by atoms with van der Waals surface area (Å²) in [6.07, 6.45) is 3.47. The number of hydrogen-bond donors (Lipinski definition) is 1. The number of carbonyl (C=O) groups excluding carboxylic acids is 1. The van der Waals surface area contributed by atoms with Crippen LogP contribution in [0.1, 0.15) is 12.8 Å². The summed E-state index contributed by atoms with van der Waals surface area (Å²) in [5.41, 5.74) is -0.703. The molecule has 1 saturated carbocycles. The number of carbonyl (C=O) groups is 1. The molecule has 3 rings (SSSR count). The highest BCUT2D eigenvalue weighted by Crippen LogP contribution is 2.44. The summed E-state index contributed by atoms with van der Waals surface area (Å²) in [6.45, 7) is 0.689. The minimum Gasteiger partial charge on any atom is -0.386 e. The SMILES string of the molecule is O=C(Cn1ccc([N+](=O)[O-])n1)N1CC(O)(C2CC2)C1. The molecule has 2 fully saturated rings. The van der Waals surface area contributed by atoms with Gasteiger partial charge in [-0.25, -0.2) is 0 Å². The first-order valence-corrected chi connectivity index (χ1v) is 6.16. The van der Waals surface area contributed by atoms with Crippen LogP contribution in [0, 0.1) is 16.0 Å². The van der Waals surface area contributed by atoms with Crippen molar-refractivity contribution in [2.75, 3.05) is 13.1 Å². The molecule has 8 nitrogen and oxygen atoms in total. The molecule has 1 N–H and O–H groups in total. The summed E-state index contributed by atoms with van der Waals surface area (Å²) in [5.74, 6) is -0.114. The van der Waals surface area contributed by atoms with Gasteiger partial charge in [0.15, 0.2) is 0 Å². The van der Waals surface area contributed by atoms with E-state index in [0.717, 1.165) is 12.8 Å². The van der Waals surface area contributed by atoms with Crippen LogP contribution in [-0.2, 0) is 11.3 Å². The van der Waals surface area contributed by atoms with E-state index in [1.165, 1.54) is 16.9 Å². The molecule has 1 aliphatic heterocycles. The van der Waals surface area contributed by atoms with E-state index < -0.39 is 10.5 Å². The van der Waals surface area contributed by atoms with Gasteiger partial charge in [-0.05, 0) is 23.7 Å². The minimum absolute atomic E-state index is 0.0331. The molecular weight excluding hydrogens is 252 g/mol. The molecule has 0 aromatic carbocycles. The van der Waals surface area contributed by atoms with Crippen molar-refractivity contribution in [3.63, 3.8) is 0 Å². The van der Waals surface area contributed by atoms with Gasteiger partial charge in [-0.1, -0.05) is 0 Å². The maximum Gasteiger partial charge on any atom is 0.389 e. The van der Waals surface area contributed by atoms with Gasteiger partial charge >= 0.3 is 5.82 Å². The first-order valence-electron chi connectivity index (χ1n) is 6.16.